The molecule has 1 aliphatic rings. The normalized spacial score (nSPS) is 15.9. The largest absolute Gasteiger partial charge is 0.379 e. The van der Waals surface area contributed by atoms with Gasteiger partial charge in [-0.2, -0.15) is 0 Å². The van der Waals surface area contributed by atoms with E-state index >= 15 is 0 Å². The van der Waals surface area contributed by atoms with Crippen LogP contribution in [0.25, 0.3) is 11.3 Å². The van der Waals surface area contributed by atoms with Gasteiger partial charge in [0.1, 0.15) is 6.04 Å². The van der Waals surface area contributed by atoms with E-state index in [9.17, 15) is 4.79 Å². The van der Waals surface area contributed by atoms with E-state index in [1.54, 1.807) is 6.20 Å². The molecule has 6 heteroatoms. The molecule has 1 aliphatic heterocycles. The summed E-state index contributed by atoms with van der Waals surface area (Å²) in [6.45, 7) is 2.72. The van der Waals surface area contributed by atoms with Crippen molar-refractivity contribution in [2.45, 2.75) is 6.04 Å². The molecule has 1 amide bonds. The van der Waals surface area contributed by atoms with Gasteiger partial charge in [0.25, 0.3) is 0 Å². The molecule has 144 valence electrons. The number of ether oxygens (including phenoxy) is 1. The minimum atomic E-state index is -0.373. The molecule has 2 heterocycles. The number of nitrogens with one attached hydrogen (secondary N) is 1. The maximum Gasteiger partial charge on any atom is 0.248 e. The number of benzene rings is 2. The summed E-state index contributed by atoms with van der Waals surface area (Å²) in [5.74, 6) is 0.458. The molecule has 4 rings (SSSR count). The van der Waals surface area contributed by atoms with E-state index in [0.29, 0.717) is 19.2 Å². The molecule has 1 fully saturated rings. The molecule has 6 nitrogen and oxygen atoms in total. The molecular formula is C22H24N4O2. The van der Waals surface area contributed by atoms with Crippen molar-refractivity contribution in [1.29, 1.82) is 0 Å². The third-order valence-corrected chi connectivity index (χ3v) is 5.07. The van der Waals surface area contributed by atoms with E-state index in [2.05, 4.69) is 15.2 Å². The summed E-state index contributed by atoms with van der Waals surface area (Å²) in [7, 11) is 1.91. The number of carbonyl (C=O) groups is 1. The van der Waals surface area contributed by atoms with E-state index in [4.69, 9.17) is 4.74 Å². The Morgan fingerprint density at radius 1 is 1.04 bits per heavy atom. The third-order valence-electron chi connectivity index (χ3n) is 5.07. The maximum absolute atomic E-state index is 13.3. The van der Waals surface area contributed by atoms with Crippen LogP contribution < -0.4 is 5.32 Å². The number of anilines is 1. The van der Waals surface area contributed by atoms with E-state index in [-0.39, 0.29) is 11.9 Å². The van der Waals surface area contributed by atoms with Crippen LogP contribution in [0.15, 0.2) is 66.9 Å². The number of carbonyl (C=O) groups excluding carboxylic acids is 1. The van der Waals surface area contributed by atoms with Crippen LogP contribution in [0.2, 0.25) is 0 Å². The molecule has 1 atom stereocenters. The van der Waals surface area contributed by atoms with Crippen molar-refractivity contribution >= 4 is 11.9 Å². The Balaban J connectivity index is 1.59. The van der Waals surface area contributed by atoms with Crippen LogP contribution in [0.1, 0.15) is 11.6 Å². The van der Waals surface area contributed by atoms with Crippen molar-refractivity contribution in [2.24, 2.45) is 7.05 Å². The number of imidazole rings is 1. The average Bonchev–Trinajstić information content (AvgIpc) is 3.10. The van der Waals surface area contributed by atoms with Crippen molar-refractivity contribution in [3.05, 3.63) is 72.4 Å². The molecule has 3 aromatic rings. The predicted molar refractivity (Wildman–Crippen MR) is 109 cm³/mol. The lowest BCUT2D eigenvalue weighted by atomic mass is 10.0. The SMILES string of the molecule is Cn1c(-c2ccccc2)cnc1NC(=O)C(c1ccccc1)N1CCOCC1. The Labute approximate surface area is 164 Å². The van der Waals surface area contributed by atoms with E-state index in [1.165, 1.54) is 0 Å². The van der Waals surface area contributed by atoms with Gasteiger partial charge in [-0.25, -0.2) is 4.98 Å². The number of aromatic nitrogens is 2. The van der Waals surface area contributed by atoms with Crippen LogP contribution in [-0.2, 0) is 16.6 Å². The average molecular weight is 376 g/mol. The molecule has 1 unspecified atom stereocenters. The van der Waals surface area contributed by atoms with E-state index < -0.39 is 0 Å². The van der Waals surface area contributed by atoms with Crippen molar-refractivity contribution in [3.8, 4) is 11.3 Å². The summed E-state index contributed by atoms with van der Waals surface area (Å²) in [5, 5.41) is 3.03. The van der Waals surface area contributed by atoms with Gasteiger partial charge < -0.3 is 9.30 Å². The molecule has 28 heavy (non-hydrogen) atoms. The first kappa shape index (κ1) is 18.4. The Morgan fingerprint density at radius 2 is 1.68 bits per heavy atom. The van der Waals surface area contributed by atoms with Gasteiger partial charge in [-0.15, -0.1) is 0 Å². The fraction of sp³-hybridized carbons (Fsp3) is 0.273. The number of hydrogen-bond acceptors (Lipinski definition) is 4. The lowest BCUT2D eigenvalue weighted by Gasteiger charge is -2.33. The molecule has 1 N–H and O–H groups in total. The highest BCUT2D eigenvalue weighted by Crippen LogP contribution is 2.25. The number of amides is 1. The topological polar surface area (TPSA) is 59.4 Å². The highest BCUT2D eigenvalue weighted by Gasteiger charge is 2.29. The molecule has 0 radical (unpaired) electrons. The smallest absolute Gasteiger partial charge is 0.248 e. The second-order valence-corrected chi connectivity index (χ2v) is 6.84. The molecule has 2 aromatic carbocycles. The van der Waals surface area contributed by atoms with E-state index in [1.807, 2.05) is 72.3 Å². The molecule has 1 aromatic heterocycles. The van der Waals surface area contributed by atoms with Crippen molar-refractivity contribution in [1.82, 2.24) is 14.5 Å². The van der Waals surface area contributed by atoms with Gasteiger partial charge in [-0.3, -0.25) is 15.0 Å². The Morgan fingerprint density at radius 3 is 2.36 bits per heavy atom. The van der Waals surface area contributed by atoms with Crippen LogP contribution in [0.5, 0.6) is 0 Å². The highest BCUT2D eigenvalue weighted by molar-refractivity contribution is 5.94. The molecule has 0 bridgehead atoms. The Hall–Kier alpha value is -2.96. The van der Waals surface area contributed by atoms with Crippen molar-refractivity contribution in [2.75, 3.05) is 31.6 Å². The second kappa shape index (κ2) is 8.37. The van der Waals surface area contributed by atoms with Crippen LogP contribution in [0, 0.1) is 0 Å². The molecule has 0 spiro atoms. The predicted octanol–water partition coefficient (Wildman–Crippen LogP) is 3.10. The molecular weight excluding hydrogens is 352 g/mol. The minimum Gasteiger partial charge on any atom is -0.379 e. The third kappa shape index (κ3) is 3.83. The summed E-state index contributed by atoms with van der Waals surface area (Å²) >= 11 is 0. The summed E-state index contributed by atoms with van der Waals surface area (Å²) < 4.78 is 7.38. The van der Waals surface area contributed by atoms with Gasteiger partial charge in [0.05, 0.1) is 25.1 Å². The van der Waals surface area contributed by atoms with E-state index in [0.717, 1.165) is 29.9 Å². The standard InChI is InChI=1S/C22H24N4O2/c1-25-19(17-8-4-2-5-9-17)16-23-22(25)24-21(27)20(18-10-6-3-7-11-18)26-12-14-28-15-13-26/h2-11,16,20H,12-15H2,1H3,(H,23,24,27). The number of nitrogens with zero attached hydrogens (tertiary/aromatic N) is 3. The fourth-order valence-electron chi connectivity index (χ4n) is 3.58. The van der Waals surface area contributed by atoms with Gasteiger partial charge in [-0.05, 0) is 11.1 Å². The van der Waals surface area contributed by atoms with Gasteiger partial charge in [0.2, 0.25) is 11.9 Å². The minimum absolute atomic E-state index is 0.0820. The summed E-state index contributed by atoms with van der Waals surface area (Å²) in [6.07, 6.45) is 1.79. The lowest BCUT2D eigenvalue weighted by molar-refractivity contribution is -0.123. The number of rotatable bonds is 5. The van der Waals surface area contributed by atoms with Gasteiger partial charge in [0.15, 0.2) is 0 Å². The van der Waals surface area contributed by atoms with Crippen molar-refractivity contribution in [3.63, 3.8) is 0 Å². The van der Waals surface area contributed by atoms with Crippen LogP contribution in [-0.4, -0.2) is 46.7 Å². The number of morpholine rings is 1. The van der Waals surface area contributed by atoms with Crippen LogP contribution in [0.4, 0.5) is 5.95 Å². The van der Waals surface area contributed by atoms with Crippen LogP contribution >= 0.6 is 0 Å². The summed E-state index contributed by atoms with van der Waals surface area (Å²) in [4.78, 5) is 19.9. The molecule has 0 saturated carbocycles. The first-order chi connectivity index (χ1) is 13.7. The first-order valence-electron chi connectivity index (χ1n) is 9.49. The highest BCUT2D eigenvalue weighted by atomic mass is 16.5. The Kier molecular flexibility index (Phi) is 5.50. The fourth-order valence-corrected chi connectivity index (χ4v) is 3.58. The van der Waals surface area contributed by atoms with Crippen LogP contribution in [0.3, 0.4) is 0 Å². The summed E-state index contributed by atoms with van der Waals surface area (Å²) in [6, 6.07) is 19.5. The lowest BCUT2D eigenvalue weighted by Crippen LogP contribution is -2.44. The molecule has 0 aliphatic carbocycles. The van der Waals surface area contributed by atoms with Crippen molar-refractivity contribution < 1.29 is 9.53 Å². The zero-order valence-electron chi connectivity index (χ0n) is 15.9. The maximum atomic E-state index is 13.3. The number of hydrogen-bond donors (Lipinski definition) is 1. The zero-order valence-corrected chi connectivity index (χ0v) is 15.9. The zero-order chi connectivity index (χ0) is 19.3. The van der Waals surface area contributed by atoms with Gasteiger partial charge >= 0.3 is 0 Å². The van der Waals surface area contributed by atoms with Gasteiger partial charge in [0, 0.05) is 20.1 Å². The van der Waals surface area contributed by atoms with Gasteiger partial charge in [-0.1, -0.05) is 60.7 Å². The quantitative estimate of drug-likeness (QED) is 0.743. The second-order valence-electron chi connectivity index (χ2n) is 6.84. The summed E-state index contributed by atoms with van der Waals surface area (Å²) in [5.41, 5.74) is 2.99. The molecule has 1 saturated heterocycles. The Bertz CT molecular complexity index is 918. The monoisotopic (exact) mass is 376 g/mol. The first-order valence-corrected chi connectivity index (χ1v) is 9.49.